The Morgan fingerprint density at radius 2 is 2.50 bits per heavy atom. The Morgan fingerprint density at radius 3 is 3.06 bits per heavy atom. The lowest BCUT2D eigenvalue weighted by Crippen LogP contribution is -2.42. The SMILES string of the molecule is CC1CC(C(=O)O)CCN1Cc1ccco1. The first-order valence-electron chi connectivity index (χ1n) is 5.66. The minimum absolute atomic E-state index is 0.178. The van der Waals surface area contributed by atoms with Crippen LogP contribution in [0.4, 0.5) is 0 Å². The van der Waals surface area contributed by atoms with Crippen LogP contribution in [-0.4, -0.2) is 28.6 Å². The number of carboxylic acid groups (broad SMARTS) is 1. The van der Waals surface area contributed by atoms with Crippen LogP contribution in [0.1, 0.15) is 25.5 Å². The van der Waals surface area contributed by atoms with Crippen LogP contribution in [0.3, 0.4) is 0 Å². The molecule has 0 spiro atoms. The second-order valence-corrected chi connectivity index (χ2v) is 4.46. The summed E-state index contributed by atoms with van der Waals surface area (Å²) in [5, 5.41) is 8.96. The number of likely N-dealkylation sites (tertiary alicyclic amines) is 1. The summed E-state index contributed by atoms with van der Waals surface area (Å²) in [7, 11) is 0. The van der Waals surface area contributed by atoms with E-state index in [1.807, 2.05) is 12.1 Å². The molecule has 1 saturated heterocycles. The highest BCUT2D eigenvalue weighted by Gasteiger charge is 2.29. The molecule has 0 bridgehead atoms. The van der Waals surface area contributed by atoms with Crippen molar-refractivity contribution in [3.05, 3.63) is 24.2 Å². The van der Waals surface area contributed by atoms with Gasteiger partial charge in [0.05, 0.1) is 18.7 Å². The number of hydrogen-bond donors (Lipinski definition) is 1. The molecule has 2 heterocycles. The Balaban J connectivity index is 1.91. The van der Waals surface area contributed by atoms with E-state index < -0.39 is 5.97 Å². The van der Waals surface area contributed by atoms with Crippen molar-refractivity contribution in [1.29, 1.82) is 0 Å². The van der Waals surface area contributed by atoms with E-state index in [4.69, 9.17) is 9.52 Å². The van der Waals surface area contributed by atoms with Gasteiger partial charge in [-0.15, -0.1) is 0 Å². The van der Waals surface area contributed by atoms with E-state index in [1.165, 1.54) is 0 Å². The lowest BCUT2D eigenvalue weighted by atomic mass is 9.92. The summed E-state index contributed by atoms with van der Waals surface area (Å²) in [6, 6.07) is 4.14. The Bertz CT molecular complexity index is 347. The highest BCUT2D eigenvalue weighted by Crippen LogP contribution is 2.24. The van der Waals surface area contributed by atoms with Gasteiger partial charge in [0.1, 0.15) is 5.76 Å². The quantitative estimate of drug-likeness (QED) is 0.851. The fourth-order valence-corrected chi connectivity index (χ4v) is 2.28. The van der Waals surface area contributed by atoms with Crippen LogP contribution >= 0.6 is 0 Å². The van der Waals surface area contributed by atoms with Crippen LogP contribution in [0, 0.1) is 5.92 Å². The zero-order valence-corrected chi connectivity index (χ0v) is 9.43. The maximum absolute atomic E-state index is 10.9. The molecule has 1 aliphatic heterocycles. The molecule has 2 rings (SSSR count). The van der Waals surface area contributed by atoms with E-state index in [9.17, 15) is 4.79 Å². The third-order valence-electron chi connectivity index (χ3n) is 3.30. The zero-order chi connectivity index (χ0) is 11.5. The topological polar surface area (TPSA) is 53.7 Å². The summed E-state index contributed by atoms with van der Waals surface area (Å²) in [5.41, 5.74) is 0. The molecule has 0 aliphatic carbocycles. The number of carbonyl (C=O) groups is 1. The van der Waals surface area contributed by atoms with Gasteiger partial charge in [0.15, 0.2) is 0 Å². The summed E-state index contributed by atoms with van der Waals surface area (Å²) in [4.78, 5) is 13.2. The standard InChI is InChI=1S/C12H17NO3/c1-9-7-10(12(14)15)4-5-13(9)8-11-3-2-6-16-11/h2-3,6,9-10H,4-5,7-8H2,1H3,(H,14,15). The van der Waals surface area contributed by atoms with Crippen molar-refractivity contribution >= 4 is 5.97 Å². The Kier molecular flexibility index (Phi) is 3.29. The van der Waals surface area contributed by atoms with Gasteiger partial charge in [0.2, 0.25) is 0 Å². The molecule has 2 atom stereocenters. The number of hydrogen-bond acceptors (Lipinski definition) is 3. The molecular formula is C12H17NO3. The molecule has 0 aromatic carbocycles. The molecule has 4 heteroatoms. The van der Waals surface area contributed by atoms with Gasteiger partial charge in [-0.3, -0.25) is 9.69 Å². The molecular weight excluding hydrogens is 206 g/mol. The number of carboxylic acids is 1. The van der Waals surface area contributed by atoms with Crippen LogP contribution in [-0.2, 0) is 11.3 Å². The minimum Gasteiger partial charge on any atom is -0.481 e. The predicted octanol–water partition coefficient (Wildman–Crippen LogP) is 1.96. The van der Waals surface area contributed by atoms with Crippen molar-refractivity contribution in [1.82, 2.24) is 4.90 Å². The van der Waals surface area contributed by atoms with Crippen molar-refractivity contribution in [2.45, 2.75) is 32.4 Å². The first-order chi connectivity index (χ1) is 7.66. The summed E-state index contributed by atoms with van der Waals surface area (Å²) in [5.74, 6) is 0.105. The third-order valence-corrected chi connectivity index (χ3v) is 3.30. The summed E-state index contributed by atoms with van der Waals surface area (Å²) in [6.07, 6.45) is 3.14. The van der Waals surface area contributed by atoms with Crippen molar-refractivity contribution in [3.8, 4) is 0 Å². The van der Waals surface area contributed by atoms with Crippen molar-refractivity contribution < 1.29 is 14.3 Å². The monoisotopic (exact) mass is 223 g/mol. The second kappa shape index (κ2) is 4.70. The van der Waals surface area contributed by atoms with Crippen molar-refractivity contribution in [3.63, 3.8) is 0 Å². The number of furan rings is 1. The number of piperidine rings is 1. The highest BCUT2D eigenvalue weighted by atomic mass is 16.4. The fourth-order valence-electron chi connectivity index (χ4n) is 2.28. The van der Waals surface area contributed by atoms with Gasteiger partial charge >= 0.3 is 5.97 Å². The lowest BCUT2D eigenvalue weighted by Gasteiger charge is -2.35. The van der Waals surface area contributed by atoms with Crippen LogP contribution in [0.15, 0.2) is 22.8 Å². The second-order valence-electron chi connectivity index (χ2n) is 4.46. The number of aliphatic carboxylic acids is 1. The molecule has 2 unspecified atom stereocenters. The molecule has 1 aromatic heterocycles. The van der Waals surface area contributed by atoms with Crippen molar-refractivity contribution in [2.75, 3.05) is 6.54 Å². The molecule has 0 saturated carbocycles. The molecule has 0 radical (unpaired) electrons. The molecule has 1 fully saturated rings. The first-order valence-corrected chi connectivity index (χ1v) is 5.66. The van der Waals surface area contributed by atoms with E-state index >= 15 is 0 Å². The minimum atomic E-state index is -0.663. The van der Waals surface area contributed by atoms with Gasteiger partial charge in [-0.2, -0.15) is 0 Å². The Labute approximate surface area is 94.9 Å². The van der Waals surface area contributed by atoms with Crippen molar-refractivity contribution in [2.24, 2.45) is 5.92 Å². The van der Waals surface area contributed by atoms with Gasteiger partial charge in [-0.25, -0.2) is 0 Å². The molecule has 1 aliphatic rings. The Morgan fingerprint density at radius 1 is 1.69 bits per heavy atom. The predicted molar refractivity (Wildman–Crippen MR) is 58.9 cm³/mol. The number of nitrogens with zero attached hydrogens (tertiary/aromatic N) is 1. The van der Waals surface area contributed by atoms with E-state index in [0.29, 0.717) is 6.04 Å². The first kappa shape index (κ1) is 11.2. The molecule has 88 valence electrons. The Hall–Kier alpha value is -1.29. The van der Waals surface area contributed by atoms with Gasteiger partial charge in [-0.1, -0.05) is 0 Å². The highest BCUT2D eigenvalue weighted by molar-refractivity contribution is 5.70. The zero-order valence-electron chi connectivity index (χ0n) is 9.43. The van der Waals surface area contributed by atoms with Gasteiger partial charge in [0, 0.05) is 6.04 Å². The fraction of sp³-hybridized carbons (Fsp3) is 0.583. The molecule has 16 heavy (non-hydrogen) atoms. The van der Waals surface area contributed by atoms with Crippen LogP contribution in [0.25, 0.3) is 0 Å². The molecule has 1 N–H and O–H groups in total. The summed E-state index contributed by atoms with van der Waals surface area (Å²) >= 11 is 0. The molecule has 1 aromatic rings. The van der Waals surface area contributed by atoms with Crippen LogP contribution < -0.4 is 0 Å². The molecule has 0 amide bonds. The number of rotatable bonds is 3. The van der Waals surface area contributed by atoms with E-state index in [2.05, 4.69) is 11.8 Å². The van der Waals surface area contributed by atoms with E-state index in [1.54, 1.807) is 6.26 Å². The van der Waals surface area contributed by atoms with Gasteiger partial charge < -0.3 is 9.52 Å². The average Bonchev–Trinajstić information content (AvgIpc) is 2.73. The van der Waals surface area contributed by atoms with E-state index in [0.717, 1.165) is 31.7 Å². The molecule has 4 nitrogen and oxygen atoms in total. The van der Waals surface area contributed by atoms with Gasteiger partial charge in [0.25, 0.3) is 0 Å². The average molecular weight is 223 g/mol. The maximum atomic E-state index is 10.9. The lowest BCUT2D eigenvalue weighted by molar-refractivity contribution is -0.144. The van der Waals surface area contributed by atoms with Gasteiger partial charge in [-0.05, 0) is 38.4 Å². The summed E-state index contributed by atoms with van der Waals surface area (Å²) < 4.78 is 5.30. The normalized spacial score (nSPS) is 26.8. The third kappa shape index (κ3) is 2.44. The largest absolute Gasteiger partial charge is 0.481 e. The summed E-state index contributed by atoms with van der Waals surface area (Å²) in [6.45, 7) is 3.69. The van der Waals surface area contributed by atoms with Crippen LogP contribution in [0.2, 0.25) is 0 Å². The van der Waals surface area contributed by atoms with Crippen LogP contribution in [0.5, 0.6) is 0 Å². The smallest absolute Gasteiger partial charge is 0.306 e. The maximum Gasteiger partial charge on any atom is 0.306 e. The van der Waals surface area contributed by atoms with E-state index in [-0.39, 0.29) is 5.92 Å².